The van der Waals surface area contributed by atoms with Crippen molar-refractivity contribution >= 4 is 37.1 Å². The molecule has 0 aliphatic carbocycles. The minimum Gasteiger partial charge on any atom is -0.406 e. The lowest BCUT2D eigenvalue weighted by Gasteiger charge is -2.13. The molecule has 26 heavy (non-hydrogen) atoms. The topological polar surface area (TPSA) is 89.5 Å². The molecule has 0 aromatic heterocycles. The van der Waals surface area contributed by atoms with E-state index >= 15 is 0 Å². The van der Waals surface area contributed by atoms with E-state index in [0.717, 1.165) is 42.7 Å². The third-order valence-corrected chi connectivity index (χ3v) is 5.91. The number of halogens is 4. The Morgan fingerprint density at radius 2 is 1.69 bits per heavy atom. The highest BCUT2D eigenvalue weighted by molar-refractivity contribution is 7.93. The molecule has 0 radical (unpaired) electrons. The molecule has 6 nitrogen and oxygen atoms in total. The summed E-state index contributed by atoms with van der Waals surface area (Å²) < 4.78 is 90.5. The quantitative estimate of drug-likeness (QED) is 0.786. The molecule has 2 aromatic carbocycles. The van der Waals surface area contributed by atoms with Crippen molar-refractivity contribution in [3.05, 3.63) is 47.5 Å². The van der Waals surface area contributed by atoms with Crippen molar-refractivity contribution in [3.63, 3.8) is 0 Å². The van der Waals surface area contributed by atoms with Crippen LogP contribution in [-0.2, 0) is 19.9 Å². The van der Waals surface area contributed by atoms with E-state index in [-0.39, 0.29) is 15.6 Å². The summed E-state index contributed by atoms with van der Waals surface area (Å²) in [5.74, 6) is -0.631. The second-order valence-corrected chi connectivity index (χ2v) is 9.12. The molecule has 0 saturated heterocycles. The normalized spacial score (nSPS) is 12.7. The average molecular weight is 430 g/mol. The molecule has 0 atom stereocenters. The fraction of sp³-hybridized carbons (Fsp3) is 0.143. The molecule has 0 saturated carbocycles. The first-order valence-corrected chi connectivity index (χ1v) is 10.4. The van der Waals surface area contributed by atoms with Gasteiger partial charge in [0.05, 0.1) is 15.6 Å². The molecular weight excluding hydrogens is 419 g/mol. The number of sulfonamides is 1. The highest BCUT2D eigenvalue weighted by atomic mass is 35.5. The van der Waals surface area contributed by atoms with Gasteiger partial charge in [0.2, 0.25) is 0 Å². The zero-order chi connectivity index (χ0) is 19.8. The molecule has 0 aliphatic heterocycles. The first-order chi connectivity index (χ1) is 11.8. The summed E-state index contributed by atoms with van der Waals surface area (Å²) in [7, 11) is -8.07. The lowest BCUT2D eigenvalue weighted by molar-refractivity contribution is -0.274. The zero-order valence-electron chi connectivity index (χ0n) is 12.9. The molecule has 142 valence electrons. The molecule has 0 bridgehead atoms. The lowest BCUT2D eigenvalue weighted by atomic mass is 10.3. The van der Waals surface area contributed by atoms with Crippen molar-refractivity contribution in [2.45, 2.75) is 16.2 Å². The minimum atomic E-state index is -4.94. The smallest absolute Gasteiger partial charge is 0.406 e. The summed E-state index contributed by atoms with van der Waals surface area (Å²) in [6, 6.07) is 7.23. The standard InChI is InChI=1S/C14H11ClF3NO5S2/c1-25(20,21)11-5-6-12(15)13(8-11)26(22,23)19-9-3-2-4-10(7-9)24-14(16,17)18/h2-8,19H,1H3. The van der Waals surface area contributed by atoms with E-state index in [9.17, 15) is 30.0 Å². The second-order valence-electron chi connectivity index (χ2n) is 5.05. The monoisotopic (exact) mass is 429 g/mol. The van der Waals surface area contributed by atoms with Gasteiger partial charge in [0.1, 0.15) is 10.6 Å². The van der Waals surface area contributed by atoms with Crippen LogP contribution in [0.15, 0.2) is 52.3 Å². The lowest BCUT2D eigenvalue weighted by Crippen LogP contribution is -2.18. The number of alkyl halides is 3. The molecule has 0 amide bonds. The molecule has 2 rings (SSSR count). The second kappa shape index (κ2) is 6.97. The zero-order valence-corrected chi connectivity index (χ0v) is 15.3. The summed E-state index contributed by atoms with van der Waals surface area (Å²) in [6.07, 6.45) is -4.05. The number of hydrogen-bond donors (Lipinski definition) is 1. The van der Waals surface area contributed by atoms with Gasteiger partial charge in [-0.1, -0.05) is 17.7 Å². The van der Waals surface area contributed by atoms with Crippen LogP contribution in [0.1, 0.15) is 0 Å². The van der Waals surface area contributed by atoms with E-state index in [4.69, 9.17) is 11.6 Å². The number of benzene rings is 2. The predicted molar refractivity (Wildman–Crippen MR) is 88.5 cm³/mol. The molecule has 2 aromatic rings. The van der Waals surface area contributed by atoms with Crippen molar-refractivity contribution < 1.29 is 34.7 Å². The van der Waals surface area contributed by atoms with Gasteiger partial charge in [-0.15, -0.1) is 13.2 Å². The Bertz CT molecular complexity index is 1040. The maximum atomic E-state index is 12.4. The Morgan fingerprint density at radius 3 is 2.27 bits per heavy atom. The van der Waals surface area contributed by atoms with Crippen LogP contribution in [0.5, 0.6) is 5.75 Å². The summed E-state index contributed by atoms with van der Waals surface area (Å²) in [6.45, 7) is 0. The van der Waals surface area contributed by atoms with E-state index in [1.54, 1.807) is 0 Å². The summed E-state index contributed by atoms with van der Waals surface area (Å²) in [5, 5.41) is -0.257. The molecule has 0 heterocycles. The van der Waals surface area contributed by atoms with Crippen LogP contribution in [0.3, 0.4) is 0 Å². The van der Waals surface area contributed by atoms with E-state index < -0.39 is 36.9 Å². The Morgan fingerprint density at radius 1 is 1.04 bits per heavy atom. The van der Waals surface area contributed by atoms with E-state index in [1.807, 2.05) is 4.72 Å². The van der Waals surface area contributed by atoms with E-state index in [0.29, 0.717) is 0 Å². The molecule has 0 aliphatic rings. The molecule has 0 fully saturated rings. The van der Waals surface area contributed by atoms with Gasteiger partial charge >= 0.3 is 6.36 Å². The van der Waals surface area contributed by atoms with Crippen molar-refractivity contribution in [2.75, 3.05) is 11.0 Å². The van der Waals surface area contributed by atoms with Gasteiger partial charge in [-0.3, -0.25) is 4.72 Å². The maximum Gasteiger partial charge on any atom is 0.573 e. The van der Waals surface area contributed by atoms with Gasteiger partial charge in [0.15, 0.2) is 9.84 Å². The van der Waals surface area contributed by atoms with Gasteiger partial charge in [-0.05, 0) is 30.3 Å². The number of hydrogen-bond acceptors (Lipinski definition) is 5. The Balaban J connectivity index is 2.40. The number of ether oxygens (including phenoxy) is 1. The van der Waals surface area contributed by atoms with E-state index in [1.165, 1.54) is 6.07 Å². The van der Waals surface area contributed by atoms with Crippen molar-refractivity contribution in [1.29, 1.82) is 0 Å². The van der Waals surface area contributed by atoms with Crippen LogP contribution in [0.25, 0.3) is 0 Å². The molecular formula is C14H11ClF3NO5S2. The van der Waals surface area contributed by atoms with Crippen LogP contribution < -0.4 is 9.46 Å². The van der Waals surface area contributed by atoms with Gasteiger partial charge < -0.3 is 4.74 Å². The van der Waals surface area contributed by atoms with Gasteiger partial charge in [-0.25, -0.2) is 16.8 Å². The van der Waals surface area contributed by atoms with Crippen molar-refractivity contribution in [3.8, 4) is 5.75 Å². The number of anilines is 1. The van der Waals surface area contributed by atoms with Crippen LogP contribution >= 0.6 is 11.6 Å². The first-order valence-electron chi connectivity index (χ1n) is 6.66. The minimum absolute atomic E-state index is 0.229. The fourth-order valence-corrected chi connectivity index (χ4v) is 4.19. The average Bonchev–Trinajstić information content (AvgIpc) is 2.44. The van der Waals surface area contributed by atoms with Crippen LogP contribution in [0, 0.1) is 0 Å². The van der Waals surface area contributed by atoms with Gasteiger partial charge in [-0.2, -0.15) is 0 Å². The highest BCUT2D eigenvalue weighted by Gasteiger charge is 2.31. The van der Waals surface area contributed by atoms with Crippen molar-refractivity contribution in [1.82, 2.24) is 0 Å². The van der Waals surface area contributed by atoms with Gasteiger partial charge in [0.25, 0.3) is 10.0 Å². The largest absolute Gasteiger partial charge is 0.573 e. The van der Waals surface area contributed by atoms with Crippen molar-refractivity contribution in [2.24, 2.45) is 0 Å². The summed E-state index contributed by atoms with van der Waals surface area (Å²) >= 11 is 5.83. The van der Waals surface area contributed by atoms with E-state index in [2.05, 4.69) is 4.74 Å². The molecule has 1 N–H and O–H groups in total. The van der Waals surface area contributed by atoms with Crippen LogP contribution in [0.2, 0.25) is 5.02 Å². The first kappa shape index (κ1) is 20.3. The Hall–Kier alpha value is -1.98. The van der Waals surface area contributed by atoms with Gasteiger partial charge in [0, 0.05) is 12.3 Å². The Labute approximate surface area is 152 Å². The number of nitrogens with one attached hydrogen (secondary N) is 1. The molecule has 0 spiro atoms. The number of rotatable bonds is 5. The third-order valence-electron chi connectivity index (χ3n) is 2.94. The highest BCUT2D eigenvalue weighted by Crippen LogP contribution is 2.29. The number of sulfone groups is 1. The molecule has 0 unspecified atom stereocenters. The predicted octanol–water partition coefficient (Wildman–Crippen LogP) is 3.44. The van der Waals surface area contributed by atoms with Crippen LogP contribution in [0.4, 0.5) is 18.9 Å². The molecule has 12 heteroatoms. The SMILES string of the molecule is CS(=O)(=O)c1ccc(Cl)c(S(=O)(=O)Nc2cccc(OC(F)(F)F)c2)c1. The Kier molecular flexibility index (Phi) is 5.45. The third kappa shape index (κ3) is 5.26. The maximum absolute atomic E-state index is 12.4. The summed E-state index contributed by atoms with van der Waals surface area (Å²) in [5.41, 5.74) is -0.229. The van der Waals surface area contributed by atoms with Crippen LogP contribution in [-0.4, -0.2) is 29.5 Å². The summed E-state index contributed by atoms with van der Waals surface area (Å²) in [4.78, 5) is -0.819. The fourth-order valence-electron chi connectivity index (χ4n) is 1.89.